The van der Waals surface area contributed by atoms with Crippen molar-refractivity contribution in [3.63, 3.8) is 0 Å². The highest BCUT2D eigenvalue weighted by atomic mass is 32.1. The number of nitrogens with one attached hydrogen (secondary N) is 1. The van der Waals surface area contributed by atoms with Crippen LogP contribution < -0.4 is 5.32 Å². The minimum atomic E-state index is 0.118. The van der Waals surface area contributed by atoms with Gasteiger partial charge in [-0.05, 0) is 32.5 Å². The number of hydrogen-bond acceptors (Lipinski definition) is 4. The van der Waals surface area contributed by atoms with Gasteiger partial charge >= 0.3 is 0 Å². The van der Waals surface area contributed by atoms with Gasteiger partial charge in [0.2, 0.25) is 0 Å². The van der Waals surface area contributed by atoms with Gasteiger partial charge < -0.3 is 5.32 Å². The number of nitrogens with zero attached hydrogens (tertiary/aromatic N) is 1. The first-order chi connectivity index (χ1) is 8.82. The number of thiophene rings is 1. The number of hydrogen-bond donors (Lipinski definition) is 1. The Kier molecular flexibility index (Phi) is 4.14. The van der Waals surface area contributed by atoms with Gasteiger partial charge in [0.15, 0.2) is 0 Å². The summed E-state index contributed by atoms with van der Waals surface area (Å²) in [5.41, 5.74) is 2.66. The van der Waals surface area contributed by atoms with Crippen LogP contribution in [-0.2, 0) is 5.41 Å². The lowest BCUT2D eigenvalue weighted by Crippen LogP contribution is -2.19. The lowest BCUT2D eigenvalue weighted by atomic mass is 9.93. The van der Waals surface area contributed by atoms with Gasteiger partial charge in [-0.1, -0.05) is 20.8 Å². The van der Waals surface area contributed by atoms with E-state index in [9.17, 15) is 0 Å². The van der Waals surface area contributed by atoms with Crippen molar-refractivity contribution in [2.75, 3.05) is 7.05 Å². The predicted molar refractivity (Wildman–Crippen MR) is 85.5 cm³/mol. The topological polar surface area (TPSA) is 24.9 Å². The standard InChI is InChI=1S/C15H22N2S2/c1-9-7-11(10(2)19-9)13(16-6)14-17-12(8-18-14)15(3,4)5/h7-8,13,16H,1-6H3. The van der Waals surface area contributed by atoms with Crippen molar-refractivity contribution in [3.8, 4) is 0 Å². The van der Waals surface area contributed by atoms with Crippen LogP contribution in [0.3, 0.4) is 0 Å². The first-order valence-electron chi connectivity index (χ1n) is 6.53. The van der Waals surface area contributed by atoms with Crippen molar-refractivity contribution in [3.05, 3.63) is 37.5 Å². The maximum atomic E-state index is 4.84. The van der Waals surface area contributed by atoms with Crippen LogP contribution in [0.15, 0.2) is 11.4 Å². The monoisotopic (exact) mass is 294 g/mol. The summed E-state index contributed by atoms with van der Waals surface area (Å²) in [6.45, 7) is 11.0. The molecule has 0 bridgehead atoms. The molecule has 2 rings (SSSR count). The molecule has 1 unspecified atom stereocenters. The fraction of sp³-hybridized carbons (Fsp3) is 0.533. The van der Waals surface area contributed by atoms with Crippen LogP contribution in [0, 0.1) is 13.8 Å². The Hall–Kier alpha value is -0.710. The Morgan fingerprint density at radius 1 is 1.26 bits per heavy atom. The minimum Gasteiger partial charge on any atom is -0.307 e. The van der Waals surface area contributed by atoms with Gasteiger partial charge in [-0.15, -0.1) is 22.7 Å². The molecule has 1 N–H and O–H groups in total. The molecule has 19 heavy (non-hydrogen) atoms. The van der Waals surface area contributed by atoms with Crippen molar-refractivity contribution < 1.29 is 0 Å². The summed E-state index contributed by atoms with van der Waals surface area (Å²) in [6.07, 6.45) is 0. The van der Waals surface area contributed by atoms with Crippen molar-refractivity contribution in [1.29, 1.82) is 0 Å². The van der Waals surface area contributed by atoms with E-state index < -0.39 is 0 Å². The molecule has 1 atom stereocenters. The molecule has 0 fully saturated rings. The van der Waals surface area contributed by atoms with Crippen LogP contribution in [0.5, 0.6) is 0 Å². The largest absolute Gasteiger partial charge is 0.307 e. The van der Waals surface area contributed by atoms with E-state index in [1.807, 2.05) is 18.4 Å². The van der Waals surface area contributed by atoms with Gasteiger partial charge in [0.1, 0.15) is 5.01 Å². The summed E-state index contributed by atoms with van der Waals surface area (Å²) in [5.74, 6) is 0. The van der Waals surface area contributed by atoms with Crippen LogP contribution in [0.25, 0.3) is 0 Å². The Balaban J connectivity index is 2.38. The molecule has 2 aromatic heterocycles. The summed E-state index contributed by atoms with van der Waals surface area (Å²) in [7, 11) is 2.01. The molecule has 0 aliphatic rings. The van der Waals surface area contributed by atoms with E-state index in [-0.39, 0.29) is 11.5 Å². The molecule has 2 heterocycles. The highest BCUT2D eigenvalue weighted by Crippen LogP contribution is 2.33. The maximum absolute atomic E-state index is 4.84. The normalized spacial score (nSPS) is 13.8. The first kappa shape index (κ1) is 14.7. The molecule has 104 valence electrons. The summed E-state index contributed by atoms with van der Waals surface area (Å²) in [4.78, 5) is 7.58. The lowest BCUT2D eigenvalue weighted by molar-refractivity contribution is 0.566. The summed E-state index contributed by atoms with van der Waals surface area (Å²) >= 11 is 3.61. The van der Waals surface area contributed by atoms with E-state index in [0.717, 1.165) is 5.01 Å². The van der Waals surface area contributed by atoms with Gasteiger partial charge in [-0.3, -0.25) is 0 Å². The molecule has 2 nitrogen and oxygen atoms in total. The number of thiazole rings is 1. The average molecular weight is 294 g/mol. The third-order valence-corrected chi connectivity index (χ3v) is 5.11. The quantitative estimate of drug-likeness (QED) is 0.906. The molecule has 0 amide bonds. The fourth-order valence-corrected chi connectivity index (χ4v) is 4.25. The zero-order valence-corrected chi connectivity index (χ0v) is 14.1. The zero-order chi connectivity index (χ0) is 14.2. The molecule has 0 aliphatic heterocycles. The molecule has 0 aliphatic carbocycles. The molecular formula is C15H22N2S2. The molecule has 2 aromatic rings. The molecule has 0 radical (unpaired) electrons. The SMILES string of the molecule is CNC(c1nc(C(C)(C)C)cs1)c1cc(C)sc1C. The van der Waals surface area contributed by atoms with E-state index in [2.05, 4.69) is 51.4 Å². The van der Waals surface area contributed by atoms with Gasteiger partial charge in [0.25, 0.3) is 0 Å². The van der Waals surface area contributed by atoms with Crippen LogP contribution in [-0.4, -0.2) is 12.0 Å². The summed E-state index contributed by atoms with van der Waals surface area (Å²) in [6, 6.07) is 2.49. The highest BCUT2D eigenvalue weighted by molar-refractivity contribution is 7.12. The smallest absolute Gasteiger partial charge is 0.114 e. The van der Waals surface area contributed by atoms with E-state index in [1.54, 1.807) is 11.3 Å². The van der Waals surface area contributed by atoms with Gasteiger partial charge in [0, 0.05) is 20.5 Å². The second-order valence-electron chi connectivity index (χ2n) is 5.91. The zero-order valence-electron chi connectivity index (χ0n) is 12.5. The average Bonchev–Trinajstić information content (AvgIpc) is 2.87. The Labute approximate surface area is 123 Å². The van der Waals surface area contributed by atoms with Crippen molar-refractivity contribution in [2.45, 2.75) is 46.1 Å². The summed E-state index contributed by atoms with van der Waals surface area (Å²) < 4.78 is 0. The Morgan fingerprint density at radius 2 is 1.95 bits per heavy atom. The van der Waals surface area contributed by atoms with Gasteiger partial charge in [0.05, 0.1) is 11.7 Å². The second kappa shape index (κ2) is 5.35. The number of rotatable bonds is 3. The number of aryl methyl sites for hydroxylation is 2. The maximum Gasteiger partial charge on any atom is 0.114 e. The van der Waals surface area contributed by atoms with Crippen LogP contribution >= 0.6 is 22.7 Å². The van der Waals surface area contributed by atoms with Gasteiger partial charge in [-0.2, -0.15) is 0 Å². The Bertz CT molecular complexity index is 561. The van der Waals surface area contributed by atoms with E-state index in [0.29, 0.717) is 0 Å². The number of aromatic nitrogens is 1. The van der Waals surface area contributed by atoms with Crippen LogP contribution in [0.1, 0.15) is 52.8 Å². The molecular weight excluding hydrogens is 272 g/mol. The third kappa shape index (κ3) is 3.07. The van der Waals surface area contributed by atoms with E-state index in [1.165, 1.54) is 21.0 Å². The summed E-state index contributed by atoms with van der Waals surface area (Å²) in [5, 5.41) is 6.76. The third-order valence-electron chi connectivity index (χ3n) is 3.22. The van der Waals surface area contributed by atoms with Gasteiger partial charge in [-0.25, -0.2) is 4.98 Å². The predicted octanol–water partition coefficient (Wildman–Crippen LogP) is 4.43. The molecule has 0 spiro atoms. The van der Waals surface area contributed by atoms with Crippen molar-refractivity contribution in [2.24, 2.45) is 0 Å². The van der Waals surface area contributed by atoms with E-state index >= 15 is 0 Å². The van der Waals surface area contributed by atoms with Crippen LogP contribution in [0.2, 0.25) is 0 Å². The molecule has 0 saturated carbocycles. The molecule has 0 saturated heterocycles. The molecule has 0 aromatic carbocycles. The van der Waals surface area contributed by atoms with E-state index in [4.69, 9.17) is 4.98 Å². The van der Waals surface area contributed by atoms with Crippen molar-refractivity contribution in [1.82, 2.24) is 10.3 Å². The lowest BCUT2D eigenvalue weighted by Gasteiger charge is -2.16. The second-order valence-corrected chi connectivity index (χ2v) is 8.26. The minimum absolute atomic E-state index is 0.118. The first-order valence-corrected chi connectivity index (χ1v) is 8.22. The Morgan fingerprint density at radius 3 is 2.37 bits per heavy atom. The highest BCUT2D eigenvalue weighted by Gasteiger charge is 2.23. The fourth-order valence-electron chi connectivity index (χ4n) is 2.11. The molecule has 4 heteroatoms. The van der Waals surface area contributed by atoms with Crippen molar-refractivity contribution >= 4 is 22.7 Å². The van der Waals surface area contributed by atoms with Crippen LogP contribution in [0.4, 0.5) is 0 Å².